The van der Waals surface area contributed by atoms with Crippen LogP contribution in [0.15, 0.2) is 53.2 Å². The minimum Gasteiger partial charge on any atom is -0.359 e. The molecule has 30 heavy (non-hydrogen) atoms. The van der Waals surface area contributed by atoms with Crippen LogP contribution in [0.4, 0.5) is 10.6 Å². The average Bonchev–Trinajstić information content (AvgIpc) is 3.27. The molecule has 0 radical (unpaired) electrons. The fraction of sp³-hybridized carbons (Fsp3) is 0.333. The van der Waals surface area contributed by atoms with Crippen molar-refractivity contribution in [1.29, 1.82) is 0 Å². The predicted molar refractivity (Wildman–Crippen MR) is 114 cm³/mol. The number of aromatic nitrogens is 3. The number of urea groups is 1. The fourth-order valence-corrected chi connectivity index (χ4v) is 3.82. The van der Waals surface area contributed by atoms with Crippen molar-refractivity contribution in [1.82, 2.24) is 25.6 Å². The summed E-state index contributed by atoms with van der Waals surface area (Å²) < 4.78 is 5.36. The summed E-state index contributed by atoms with van der Waals surface area (Å²) in [5.41, 5.74) is 1.44. The summed E-state index contributed by atoms with van der Waals surface area (Å²) in [6.45, 7) is 1.89. The zero-order valence-corrected chi connectivity index (χ0v) is 17.4. The summed E-state index contributed by atoms with van der Waals surface area (Å²) in [7, 11) is 1.82. The van der Waals surface area contributed by atoms with Crippen molar-refractivity contribution in [3.63, 3.8) is 0 Å². The summed E-state index contributed by atoms with van der Waals surface area (Å²) in [6.07, 6.45) is 3.59. The lowest BCUT2D eigenvalue weighted by Crippen LogP contribution is -2.51. The third kappa shape index (κ3) is 4.54. The minimum atomic E-state index is -0.156. The van der Waals surface area contributed by atoms with E-state index in [1.54, 1.807) is 23.2 Å². The smallest absolute Gasteiger partial charge is 0.317 e. The van der Waals surface area contributed by atoms with Gasteiger partial charge in [-0.3, -0.25) is 0 Å². The third-order valence-corrected chi connectivity index (χ3v) is 5.60. The number of halogens is 1. The SMILES string of the molecule is CN(C(=O)NCc1cc(-c2ccccc2Cl)no1)[C@@H]1CCCN(c2cccnn2)C1. The van der Waals surface area contributed by atoms with E-state index in [1.807, 2.05) is 37.4 Å². The highest BCUT2D eigenvalue weighted by atomic mass is 35.5. The van der Waals surface area contributed by atoms with Gasteiger partial charge < -0.3 is 19.6 Å². The van der Waals surface area contributed by atoms with Gasteiger partial charge in [0.2, 0.25) is 0 Å². The van der Waals surface area contributed by atoms with E-state index in [0.717, 1.165) is 37.3 Å². The number of rotatable bonds is 5. The number of carbonyl (C=O) groups is 1. The summed E-state index contributed by atoms with van der Waals surface area (Å²) in [5, 5.41) is 15.7. The normalized spacial score (nSPS) is 16.3. The van der Waals surface area contributed by atoms with Gasteiger partial charge in [0.1, 0.15) is 5.69 Å². The van der Waals surface area contributed by atoms with Crippen molar-refractivity contribution in [2.24, 2.45) is 0 Å². The number of hydrogen-bond acceptors (Lipinski definition) is 6. The molecule has 9 heteroatoms. The first kappa shape index (κ1) is 20.2. The van der Waals surface area contributed by atoms with Crippen molar-refractivity contribution in [2.75, 3.05) is 25.0 Å². The van der Waals surface area contributed by atoms with E-state index in [0.29, 0.717) is 16.5 Å². The molecule has 0 unspecified atom stereocenters. The Morgan fingerprint density at radius 2 is 2.20 bits per heavy atom. The Hall–Kier alpha value is -3.13. The van der Waals surface area contributed by atoms with Crippen LogP contribution in [0.25, 0.3) is 11.3 Å². The Kier molecular flexibility index (Phi) is 6.13. The maximum Gasteiger partial charge on any atom is 0.317 e. The molecule has 4 rings (SSSR count). The van der Waals surface area contributed by atoms with Crippen LogP contribution in [-0.4, -0.2) is 52.5 Å². The van der Waals surface area contributed by atoms with Crippen LogP contribution >= 0.6 is 11.6 Å². The number of nitrogens with zero attached hydrogens (tertiary/aromatic N) is 5. The molecular formula is C21H23ClN6O2. The van der Waals surface area contributed by atoms with Gasteiger partial charge in [-0.05, 0) is 31.0 Å². The molecule has 2 amide bonds. The maximum absolute atomic E-state index is 12.7. The maximum atomic E-state index is 12.7. The highest BCUT2D eigenvalue weighted by Gasteiger charge is 2.27. The van der Waals surface area contributed by atoms with E-state index < -0.39 is 0 Å². The average molecular weight is 427 g/mol. The predicted octanol–water partition coefficient (Wildman–Crippen LogP) is 3.60. The molecule has 8 nitrogen and oxygen atoms in total. The molecule has 2 aromatic heterocycles. The summed E-state index contributed by atoms with van der Waals surface area (Å²) >= 11 is 6.21. The van der Waals surface area contributed by atoms with Gasteiger partial charge in [-0.2, -0.15) is 5.10 Å². The number of carbonyl (C=O) groups excluding carboxylic acids is 1. The lowest BCUT2D eigenvalue weighted by Gasteiger charge is -2.37. The number of nitrogens with one attached hydrogen (secondary N) is 1. The first-order chi connectivity index (χ1) is 14.6. The zero-order valence-electron chi connectivity index (χ0n) is 16.7. The second-order valence-electron chi connectivity index (χ2n) is 7.25. The molecule has 0 aliphatic carbocycles. The molecule has 1 N–H and O–H groups in total. The lowest BCUT2D eigenvalue weighted by molar-refractivity contribution is 0.181. The van der Waals surface area contributed by atoms with Gasteiger partial charge in [0, 0.05) is 38.0 Å². The van der Waals surface area contributed by atoms with Crippen LogP contribution in [0.5, 0.6) is 0 Å². The van der Waals surface area contributed by atoms with E-state index in [1.165, 1.54) is 0 Å². The fourth-order valence-electron chi connectivity index (χ4n) is 3.59. The van der Waals surface area contributed by atoms with Gasteiger partial charge in [0.05, 0.1) is 17.6 Å². The van der Waals surface area contributed by atoms with E-state index >= 15 is 0 Å². The zero-order chi connectivity index (χ0) is 20.9. The van der Waals surface area contributed by atoms with Gasteiger partial charge in [0.25, 0.3) is 0 Å². The minimum absolute atomic E-state index is 0.0918. The Labute approximate surface area is 179 Å². The molecule has 0 bridgehead atoms. The summed E-state index contributed by atoms with van der Waals surface area (Å²) in [5.74, 6) is 1.40. The summed E-state index contributed by atoms with van der Waals surface area (Å²) in [6, 6.07) is 13.0. The largest absolute Gasteiger partial charge is 0.359 e. The molecule has 156 valence electrons. The van der Waals surface area contributed by atoms with E-state index in [9.17, 15) is 4.79 Å². The van der Waals surface area contributed by atoms with Gasteiger partial charge in [-0.15, -0.1) is 5.10 Å². The standard InChI is InChI=1S/C21H23ClN6O2/c1-27(15-6-5-11-28(14-15)20-9-4-10-24-25-20)21(29)23-13-16-12-19(26-30-16)17-7-2-3-8-18(17)22/h2-4,7-10,12,15H,5-6,11,13-14H2,1H3,(H,23,29)/t15-/m1/s1. The second-order valence-corrected chi connectivity index (χ2v) is 7.66. The van der Waals surface area contributed by atoms with Crippen molar-refractivity contribution < 1.29 is 9.32 Å². The van der Waals surface area contributed by atoms with Crippen LogP contribution in [0.1, 0.15) is 18.6 Å². The van der Waals surface area contributed by atoms with Crippen LogP contribution in [0.3, 0.4) is 0 Å². The van der Waals surface area contributed by atoms with Crippen LogP contribution in [0, 0.1) is 0 Å². The second kappa shape index (κ2) is 9.13. The molecule has 3 aromatic rings. The monoisotopic (exact) mass is 426 g/mol. The first-order valence-corrected chi connectivity index (χ1v) is 10.2. The van der Waals surface area contributed by atoms with Crippen molar-refractivity contribution in [3.8, 4) is 11.3 Å². The van der Waals surface area contributed by atoms with Crippen LogP contribution < -0.4 is 10.2 Å². The molecular weight excluding hydrogens is 404 g/mol. The molecule has 0 spiro atoms. The van der Waals surface area contributed by atoms with Gasteiger partial charge >= 0.3 is 6.03 Å². The quantitative estimate of drug-likeness (QED) is 0.670. The highest BCUT2D eigenvalue weighted by molar-refractivity contribution is 6.33. The van der Waals surface area contributed by atoms with E-state index in [2.05, 4.69) is 25.6 Å². The summed E-state index contributed by atoms with van der Waals surface area (Å²) in [4.78, 5) is 16.6. The molecule has 1 atom stereocenters. The number of amides is 2. The van der Waals surface area contributed by atoms with Gasteiger partial charge in [0.15, 0.2) is 11.6 Å². The van der Waals surface area contributed by atoms with E-state index in [-0.39, 0.29) is 18.6 Å². The van der Waals surface area contributed by atoms with Crippen molar-refractivity contribution >= 4 is 23.4 Å². The lowest BCUT2D eigenvalue weighted by atomic mass is 10.0. The Bertz CT molecular complexity index is 996. The number of hydrogen-bond donors (Lipinski definition) is 1. The molecule has 1 aliphatic rings. The van der Waals surface area contributed by atoms with Crippen molar-refractivity contribution in [3.05, 3.63) is 59.4 Å². The Morgan fingerprint density at radius 1 is 1.33 bits per heavy atom. The molecule has 3 heterocycles. The molecule has 1 saturated heterocycles. The third-order valence-electron chi connectivity index (χ3n) is 5.27. The number of benzene rings is 1. The number of likely N-dealkylation sites (N-methyl/N-ethyl adjacent to an activating group) is 1. The Balaban J connectivity index is 1.33. The van der Waals surface area contributed by atoms with Crippen LogP contribution in [0.2, 0.25) is 5.02 Å². The van der Waals surface area contributed by atoms with Crippen molar-refractivity contribution in [2.45, 2.75) is 25.4 Å². The molecule has 1 aromatic carbocycles. The van der Waals surface area contributed by atoms with E-state index in [4.69, 9.17) is 16.1 Å². The Morgan fingerprint density at radius 3 is 3.00 bits per heavy atom. The number of anilines is 1. The van der Waals surface area contributed by atoms with Gasteiger partial charge in [-0.1, -0.05) is 35.0 Å². The van der Waals surface area contributed by atoms with Crippen LogP contribution in [-0.2, 0) is 6.54 Å². The molecule has 0 saturated carbocycles. The molecule has 1 fully saturated rings. The highest BCUT2D eigenvalue weighted by Crippen LogP contribution is 2.27. The number of piperidine rings is 1. The molecule has 1 aliphatic heterocycles. The topological polar surface area (TPSA) is 87.4 Å². The van der Waals surface area contributed by atoms with Gasteiger partial charge in [-0.25, -0.2) is 4.79 Å². The first-order valence-electron chi connectivity index (χ1n) is 9.85.